The van der Waals surface area contributed by atoms with Gasteiger partial charge < -0.3 is 26.2 Å². The SMILES string of the molecule is CO[C@]1(NC(=O)[C@@H](C)NC(=O)[C@@H](N)CCC(=O)O)CN(S(=O)(=O)O)C1=O. The van der Waals surface area contributed by atoms with Crippen molar-refractivity contribution in [2.75, 3.05) is 13.7 Å². The molecule has 26 heavy (non-hydrogen) atoms. The topological polar surface area (TPSA) is 205 Å². The fraction of sp³-hybridized carbons (Fsp3) is 0.667. The van der Waals surface area contributed by atoms with E-state index in [-0.39, 0.29) is 17.1 Å². The summed E-state index contributed by atoms with van der Waals surface area (Å²) in [6.07, 6.45) is -0.471. The van der Waals surface area contributed by atoms with E-state index in [0.717, 1.165) is 7.11 Å². The molecular formula is C12H20N4O9S. The van der Waals surface area contributed by atoms with Gasteiger partial charge in [-0.05, 0) is 13.3 Å². The van der Waals surface area contributed by atoms with Crippen LogP contribution < -0.4 is 16.4 Å². The number of amides is 3. The van der Waals surface area contributed by atoms with E-state index in [9.17, 15) is 27.6 Å². The van der Waals surface area contributed by atoms with Crippen LogP contribution in [0.1, 0.15) is 19.8 Å². The molecule has 3 amide bonds. The highest BCUT2D eigenvalue weighted by Crippen LogP contribution is 2.26. The summed E-state index contributed by atoms with van der Waals surface area (Å²) in [4.78, 5) is 46.3. The molecule has 6 N–H and O–H groups in total. The van der Waals surface area contributed by atoms with Crippen LogP contribution in [0.25, 0.3) is 0 Å². The van der Waals surface area contributed by atoms with Crippen molar-refractivity contribution in [3.05, 3.63) is 0 Å². The number of nitrogens with zero attached hydrogens (tertiary/aromatic N) is 1. The molecule has 1 aliphatic rings. The minimum absolute atomic E-state index is 0.0991. The Morgan fingerprint density at radius 1 is 1.38 bits per heavy atom. The van der Waals surface area contributed by atoms with E-state index in [4.69, 9.17) is 20.1 Å². The van der Waals surface area contributed by atoms with Crippen LogP contribution in [0.3, 0.4) is 0 Å². The lowest BCUT2D eigenvalue weighted by molar-refractivity contribution is -0.180. The molecule has 0 aromatic carbocycles. The number of ether oxygens (including phenoxy) is 1. The van der Waals surface area contributed by atoms with Crippen LogP contribution in [0, 0.1) is 0 Å². The normalized spacial score (nSPS) is 22.2. The van der Waals surface area contributed by atoms with E-state index in [1.54, 1.807) is 0 Å². The largest absolute Gasteiger partial charge is 0.481 e. The van der Waals surface area contributed by atoms with Crippen LogP contribution in [-0.2, 0) is 34.2 Å². The predicted octanol–water partition coefficient (Wildman–Crippen LogP) is -3.21. The lowest BCUT2D eigenvalue weighted by Crippen LogP contribution is -2.77. The Morgan fingerprint density at radius 3 is 2.38 bits per heavy atom. The molecule has 0 bridgehead atoms. The first kappa shape index (κ1) is 21.8. The van der Waals surface area contributed by atoms with Gasteiger partial charge in [-0.25, -0.2) is 4.31 Å². The van der Waals surface area contributed by atoms with Gasteiger partial charge in [-0.2, -0.15) is 8.42 Å². The first-order chi connectivity index (χ1) is 11.8. The Kier molecular flexibility index (Phi) is 6.65. The Balaban J connectivity index is 2.65. The number of nitrogens with one attached hydrogen (secondary N) is 2. The fourth-order valence-corrected chi connectivity index (χ4v) is 2.74. The van der Waals surface area contributed by atoms with Crippen LogP contribution in [-0.4, -0.2) is 77.5 Å². The number of hydrogen-bond acceptors (Lipinski definition) is 8. The van der Waals surface area contributed by atoms with Gasteiger partial charge in [-0.1, -0.05) is 0 Å². The van der Waals surface area contributed by atoms with Crippen molar-refractivity contribution in [2.24, 2.45) is 5.73 Å². The Labute approximate surface area is 148 Å². The maximum atomic E-state index is 12.1. The van der Waals surface area contributed by atoms with Gasteiger partial charge in [-0.3, -0.25) is 23.7 Å². The highest BCUT2D eigenvalue weighted by Gasteiger charge is 2.59. The van der Waals surface area contributed by atoms with Crippen LogP contribution in [0.5, 0.6) is 0 Å². The number of aliphatic carboxylic acids is 1. The van der Waals surface area contributed by atoms with Crippen LogP contribution in [0.2, 0.25) is 0 Å². The van der Waals surface area contributed by atoms with E-state index in [1.807, 2.05) is 0 Å². The van der Waals surface area contributed by atoms with Gasteiger partial charge in [0.2, 0.25) is 17.5 Å². The Morgan fingerprint density at radius 2 is 1.96 bits per heavy atom. The summed E-state index contributed by atoms with van der Waals surface area (Å²) in [7, 11) is -3.73. The maximum absolute atomic E-state index is 12.1. The van der Waals surface area contributed by atoms with Gasteiger partial charge in [0.25, 0.3) is 5.91 Å². The van der Waals surface area contributed by atoms with Crippen molar-refractivity contribution in [1.29, 1.82) is 0 Å². The zero-order chi connectivity index (χ0) is 20.3. The molecule has 0 aromatic heterocycles. The summed E-state index contributed by atoms with van der Waals surface area (Å²) in [5.41, 5.74) is 3.52. The third-order valence-electron chi connectivity index (χ3n) is 3.65. The molecule has 14 heteroatoms. The standard InChI is InChI=1S/C12H20N4O9S/c1-6(14-10(20)7(13)3-4-8(17)18)9(19)15-12(25-2)5-16(11(12)21)26(22,23)24/h6-7H,3-5,13H2,1-2H3,(H,14,20)(H,15,19)(H,17,18)(H,22,23,24)/t6-,7+,12-/m1/s1. The summed E-state index contributed by atoms with van der Waals surface area (Å²) in [5, 5.41) is 12.9. The van der Waals surface area contributed by atoms with Crippen molar-refractivity contribution in [1.82, 2.24) is 14.9 Å². The molecule has 1 saturated heterocycles. The Bertz CT molecular complexity index is 709. The zero-order valence-electron chi connectivity index (χ0n) is 14.0. The molecule has 0 unspecified atom stereocenters. The second-order valence-corrected chi connectivity index (χ2v) is 6.92. The van der Waals surface area contributed by atoms with Crippen molar-refractivity contribution in [3.63, 3.8) is 0 Å². The molecule has 0 aromatic rings. The first-order valence-corrected chi connectivity index (χ1v) is 8.68. The smallest absolute Gasteiger partial charge is 0.362 e. The minimum Gasteiger partial charge on any atom is -0.481 e. The fourth-order valence-electron chi connectivity index (χ4n) is 2.04. The van der Waals surface area contributed by atoms with Gasteiger partial charge >= 0.3 is 16.3 Å². The molecule has 0 radical (unpaired) electrons. The number of carboxylic acids is 1. The van der Waals surface area contributed by atoms with Crippen LogP contribution >= 0.6 is 0 Å². The van der Waals surface area contributed by atoms with Gasteiger partial charge in [0, 0.05) is 13.5 Å². The average Bonchev–Trinajstić information content (AvgIpc) is 2.53. The second-order valence-electron chi connectivity index (χ2n) is 5.58. The highest BCUT2D eigenvalue weighted by molar-refractivity contribution is 7.84. The Hall–Kier alpha value is -2.29. The van der Waals surface area contributed by atoms with Crippen molar-refractivity contribution in [2.45, 2.75) is 37.6 Å². The minimum atomic E-state index is -4.78. The second kappa shape index (κ2) is 7.94. The van der Waals surface area contributed by atoms with Crippen molar-refractivity contribution >= 4 is 34.0 Å². The number of hydrogen-bond donors (Lipinski definition) is 5. The lowest BCUT2D eigenvalue weighted by atomic mass is 10.1. The summed E-state index contributed by atoms with van der Waals surface area (Å²) in [6.45, 7) is 0.621. The summed E-state index contributed by atoms with van der Waals surface area (Å²) < 4.78 is 35.7. The van der Waals surface area contributed by atoms with Crippen LogP contribution in [0.15, 0.2) is 0 Å². The summed E-state index contributed by atoms with van der Waals surface area (Å²) in [6, 6.07) is -2.34. The lowest BCUT2D eigenvalue weighted by Gasteiger charge is -2.45. The van der Waals surface area contributed by atoms with E-state index in [2.05, 4.69) is 10.6 Å². The van der Waals surface area contributed by atoms with Crippen molar-refractivity contribution in [3.8, 4) is 0 Å². The monoisotopic (exact) mass is 396 g/mol. The number of nitrogens with two attached hydrogens (primary N) is 1. The molecule has 13 nitrogen and oxygen atoms in total. The number of methoxy groups -OCH3 is 1. The molecular weight excluding hydrogens is 376 g/mol. The number of carbonyl (C=O) groups excluding carboxylic acids is 3. The third-order valence-corrected chi connectivity index (χ3v) is 4.50. The quantitative estimate of drug-likeness (QED) is 0.150. The number of carboxylic acid groups (broad SMARTS) is 1. The van der Waals surface area contributed by atoms with Crippen molar-refractivity contribution < 1.29 is 42.0 Å². The molecule has 1 heterocycles. The van der Waals surface area contributed by atoms with Gasteiger partial charge in [-0.15, -0.1) is 0 Å². The summed E-state index contributed by atoms with van der Waals surface area (Å²) >= 11 is 0. The molecule has 0 spiro atoms. The third kappa shape index (κ3) is 4.87. The molecule has 3 atom stereocenters. The molecule has 148 valence electrons. The average molecular weight is 396 g/mol. The molecule has 0 aliphatic carbocycles. The van der Waals surface area contributed by atoms with Gasteiger partial charge in [0.1, 0.15) is 6.04 Å². The number of β-lactam (4-membered cyclic amide) rings is 1. The summed E-state index contributed by atoms with van der Waals surface area (Å²) in [5.74, 6) is -3.99. The number of carbonyl (C=O) groups is 4. The van der Waals surface area contributed by atoms with E-state index in [1.165, 1.54) is 6.92 Å². The molecule has 1 aliphatic heterocycles. The molecule has 1 rings (SSSR count). The predicted molar refractivity (Wildman–Crippen MR) is 83.6 cm³/mol. The van der Waals surface area contributed by atoms with Crippen LogP contribution in [0.4, 0.5) is 0 Å². The van der Waals surface area contributed by atoms with Gasteiger partial charge in [0.15, 0.2) is 0 Å². The maximum Gasteiger partial charge on any atom is 0.362 e. The highest BCUT2D eigenvalue weighted by atomic mass is 32.2. The van der Waals surface area contributed by atoms with Gasteiger partial charge in [0.05, 0.1) is 12.6 Å². The van der Waals surface area contributed by atoms with E-state index in [0.29, 0.717) is 0 Å². The zero-order valence-corrected chi connectivity index (χ0v) is 14.8. The number of rotatable bonds is 9. The molecule has 0 saturated carbocycles. The molecule has 1 fully saturated rings. The van der Waals surface area contributed by atoms with E-state index >= 15 is 0 Å². The van der Waals surface area contributed by atoms with E-state index < -0.39 is 58.3 Å². The first-order valence-electron chi connectivity index (χ1n) is 7.28.